The van der Waals surface area contributed by atoms with Gasteiger partial charge in [0, 0.05) is 22.3 Å². The van der Waals surface area contributed by atoms with E-state index in [1.807, 2.05) is 12.1 Å². The molecule has 34 heavy (non-hydrogen) atoms. The summed E-state index contributed by atoms with van der Waals surface area (Å²) in [6.07, 6.45) is 0. The van der Waals surface area contributed by atoms with Gasteiger partial charge in [-0.3, -0.25) is 0 Å². The van der Waals surface area contributed by atoms with Crippen LogP contribution in [0, 0.1) is 0 Å². The molecule has 0 spiro atoms. The highest BCUT2D eigenvalue weighted by Gasteiger charge is 2.19. The van der Waals surface area contributed by atoms with Crippen molar-refractivity contribution in [3.63, 3.8) is 0 Å². The topological polar surface area (TPSA) is 40.5 Å². The van der Waals surface area contributed by atoms with Crippen LogP contribution >= 0.6 is 0 Å². The van der Waals surface area contributed by atoms with Crippen LogP contribution in [0.1, 0.15) is 11.1 Å². The monoisotopic (exact) mass is 588 g/mol. The predicted molar refractivity (Wildman–Crippen MR) is 134 cm³/mol. The van der Waals surface area contributed by atoms with Gasteiger partial charge in [0.05, 0.1) is 42.3 Å². The van der Waals surface area contributed by atoms with Crippen molar-refractivity contribution in [2.75, 3.05) is 42.3 Å². The Kier molecular flexibility index (Phi) is 8.47. The fourth-order valence-corrected chi connectivity index (χ4v) is 4.55. The Morgan fingerprint density at radius 3 is 1.21 bits per heavy atom. The molecule has 0 aliphatic rings. The molecular formula is C28H34Br2N2O2. The molecule has 0 saturated heterocycles. The molecule has 4 aromatic carbocycles. The Balaban J connectivity index is 0.00000204. The van der Waals surface area contributed by atoms with E-state index in [4.69, 9.17) is 0 Å². The summed E-state index contributed by atoms with van der Waals surface area (Å²) in [5.74, 6) is 0.352. The van der Waals surface area contributed by atoms with Gasteiger partial charge in [0.2, 0.25) is 0 Å². The van der Waals surface area contributed by atoms with E-state index in [2.05, 4.69) is 78.7 Å². The number of nitrogens with zero attached hydrogens (tertiary/aromatic N) is 2. The molecule has 0 aromatic heterocycles. The third-order valence-corrected chi connectivity index (χ3v) is 5.69. The van der Waals surface area contributed by atoms with E-state index in [1.54, 1.807) is 12.1 Å². The van der Waals surface area contributed by atoms with Crippen molar-refractivity contribution in [1.82, 2.24) is 0 Å². The minimum Gasteiger partial charge on any atom is -1.00 e. The van der Waals surface area contributed by atoms with Gasteiger partial charge in [-0.25, -0.2) is 0 Å². The van der Waals surface area contributed by atoms with Gasteiger partial charge in [-0.2, -0.15) is 0 Å². The first-order valence-corrected chi connectivity index (χ1v) is 11.0. The molecule has 0 aliphatic heterocycles. The lowest BCUT2D eigenvalue weighted by atomic mass is 9.91. The Morgan fingerprint density at radius 1 is 0.529 bits per heavy atom. The normalized spacial score (nSPS) is 11.8. The van der Waals surface area contributed by atoms with Crippen LogP contribution in [0.2, 0.25) is 0 Å². The molecule has 4 nitrogen and oxygen atoms in total. The molecule has 0 unspecified atom stereocenters. The summed E-state index contributed by atoms with van der Waals surface area (Å²) in [6, 6.07) is 20.1. The number of phenolic OH excluding ortho intramolecular Hbond substituents is 2. The molecule has 4 aromatic rings. The van der Waals surface area contributed by atoms with E-state index in [1.165, 1.54) is 11.1 Å². The SMILES string of the molecule is C[N+](C)(C)Cc1ccc2c(-c3c(O)ccc4cc(C[N+](C)(C)C)ccc34)c(O)ccc2c1.[Br-].[Br-]. The van der Waals surface area contributed by atoms with E-state index in [0.29, 0.717) is 11.1 Å². The molecule has 6 heteroatoms. The molecule has 4 rings (SSSR count). The van der Waals surface area contributed by atoms with Gasteiger partial charge < -0.3 is 53.1 Å². The summed E-state index contributed by atoms with van der Waals surface area (Å²) >= 11 is 0. The average molecular weight is 590 g/mol. The highest BCUT2D eigenvalue weighted by atomic mass is 79.9. The zero-order valence-corrected chi connectivity index (χ0v) is 23.9. The lowest BCUT2D eigenvalue weighted by Crippen LogP contribution is -3.00. The maximum Gasteiger partial charge on any atom is 0.124 e. The molecular weight excluding hydrogens is 556 g/mol. The Bertz CT molecular complexity index is 1220. The zero-order valence-electron chi connectivity index (χ0n) is 20.7. The van der Waals surface area contributed by atoms with Gasteiger partial charge in [-0.15, -0.1) is 0 Å². The highest BCUT2D eigenvalue weighted by Crippen LogP contribution is 2.44. The van der Waals surface area contributed by atoms with E-state index >= 15 is 0 Å². The smallest absolute Gasteiger partial charge is 0.124 e. The quantitative estimate of drug-likeness (QED) is 0.308. The summed E-state index contributed by atoms with van der Waals surface area (Å²) < 4.78 is 1.69. The maximum absolute atomic E-state index is 10.9. The number of phenols is 2. The van der Waals surface area contributed by atoms with Gasteiger partial charge >= 0.3 is 0 Å². The van der Waals surface area contributed by atoms with Crippen molar-refractivity contribution in [1.29, 1.82) is 0 Å². The first kappa shape index (κ1) is 28.1. The minimum absolute atomic E-state index is 0. The summed E-state index contributed by atoms with van der Waals surface area (Å²) in [5, 5.41) is 25.8. The van der Waals surface area contributed by atoms with E-state index < -0.39 is 0 Å². The third kappa shape index (κ3) is 6.11. The van der Waals surface area contributed by atoms with Crippen LogP contribution in [0.15, 0.2) is 60.7 Å². The number of halogens is 2. The second kappa shape index (κ2) is 10.2. The number of aromatic hydroxyl groups is 2. The zero-order chi connectivity index (χ0) is 23.3. The second-order valence-electron chi connectivity index (χ2n) is 10.9. The molecule has 0 aliphatic carbocycles. The molecule has 0 fully saturated rings. The van der Waals surface area contributed by atoms with Crippen LogP contribution in [0.3, 0.4) is 0 Å². The number of benzene rings is 4. The molecule has 0 bridgehead atoms. The largest absolute Gasteiger partial charge is 1.00 e. The van der Waals surface area contributed by atoms with Crippen molar-refractivity contribution in [3.8, 4) is 22.6 Å². The maximum atomic E-state index is 10.9. The van der Waals surface area contributed by atoms with E-state index in [9.17, 15) is 10.2 Å². The molecule has 0 saturated carbocycles. The summed E-state index contributed by atoms with van der Waals surface area (Å²) in [5.41, 5.74) is 3.85. The molecule has 0 radical (unpaired) electrons. The van der Waals surface area contributed by atoms with Crippen molar-refractivity contribution in [2.45, 2.75) is 13.1 Å². The predicted octanol–water partition coefficient (Wildman–Crippen LogP) is -0.508. The summed E-state index contributed by atoms with van der Waals surface area (Å²) in [7, 11) is 13.0. The van der Waals surface area contributed by atoms with E-state index in [0.717, 1.165) is 43.6 Å². The number of quaternary nitrogens is 2. The summed E-state index contributed by atoms with van der Waals surface area (Å²) in [4.78, 5) is 0. The highest BCUT2D eigenvalue weighted by molar-refractivity contribution is 6.09. The van der Waals surface area contributed by atoms with Gasteiger partial charge in [0.25, 0.3) is 0 Å². The fourth-order valence-electron chi connectivity index (χ4n) is 4.55. The Labute approximate surface area is 223 Å². The Morgan fingerprint density at radius 2 is 0.882 bits per heavy atom. The second-order valence-corrected chi connectivity index (χ2v) is 10.9. The molecule has 0 heterocycles. The van der Waals surface area contributed by atoms with Crippen LogP contribution < -0.4 is 34.0 Å². The van der Waals surface area contributed by atoms with Gasteiger partial charge in [-0.1, -0.05) is 36.4 Å². The number of rotatable bonds is 5. The first-order valence-electron chi connectivity index (χ1n) is 11.0. The van der Waals surface area contributed by atoms with Gasteiger partial charge in [0.1, 0.15) is 24.6 Å². The number of hydrogen-bond donors (Lipinski definition) is 2. The van der Waals surface area contributed by atoms with Crippen LogP contribution in [-0.4, -0.2) is 61.5 Å². The lowest BCUT2D eigenvalue weighted by molar-refractivity contribution is -0.884. The van der Waals surface area contributed by atoms with Gasteiger partial charge in [-0.05, 0) is 45.8 Å². The standard InChI is InChI=1S/C28H32N2O2.2BrH/c1-29(2,3)17-19-7-11-23-21(15-19)9-13-25(31)27(23)28-24-12-8-20(18-30(4,5)6)16-22(24)10-14-26(28)32;;/h7-16H,17-18H2,1-6H3;2*1H. The van der Waals surface area contributed by atoms with Crippen LogP contribution in [-0.2, 0) is 13.1 Å². The first-order chi connectivity index (χ1) is 14.9. The van der Waals surface area contributed by atoms with Crippen molar-refractivity contribution in [3.05, 3.63) is 71.8 Å². The van der Waals surface area contributed by atoms with Crippen molar-refractivity contribution >= 4 is 21.5 Å². The molecule has 0 atom stereocenters. The van der Waals surface area contributed by atoms with Crippen LogP contribution in [0.5, 0.6) is 11.5 Å². The third-order valence-electron chi connectivity index (χ3n) is 5.69. The number of fused-ring (bicyclic) bond motifs is 2. The van der Waals surface area contributed by atoms with Crippen molar-refractivity contribution in [2.24, 2.45) is 0 Å². The van der Waals surface area contributed by atoms with Gasteiger partial charge in [0.15, 0.2) is 0 Å². The molecule has 0 amide bonds. The lowest BCUT2D eigenvalue weighted by Gasteiger charge is -2.24. The number of hydrogen-bond acceptors (Lipinski definition) is 2. The summed E-state index contributed by atoms with van der Waals surface area (Å²) in [6.45, 7) is 1.83. The minimum atomic E-state index is 0. The van der Waals surface area contributed by atoms with Crippen LogP contribution in [0.25, 0.3) is 32.7 Å². The Hall–Kier alpha value is -2.12. The average Bonchev–Trinajstić information content (AvgIpc) is 2.66. The van der Waals surface area contributed by atoms with Crippen molar-refractivity contribution < 1.29 is 53.1 Å². The van der Waals surface area contributed by atoms with Crippen LogP contribution in [0.4, 0.5) is 0 Å². The fraction of sp³-hybridized carbons (Fsp3) is 0.286. The molecule has 2 N–H and O–H groups in total. The van der Waals surface area contributed by atoms with E-state index in [-0.39, 0.29) is 45.5 Å². The molecule has 182 valence electrons.